The lowest BCUT2D eigenvalue weighted by atomic mass is 9.81. The number of pyridine rings is 1. The van der Waals surface area contributed by atoms with Gasteiger partial charge in [0.25, 0.3) is 5.91 Å². The van der Waals surface area contributed by atoms with Crippen molar-refractivity contribution in [3.63, 3.8) is 0 Å². The third-order valence-corrected chi connectivity index (χ3v) is 6.27. The fourth-order valence-corrected chi connectivity index (χ4v) is 3.73. The predicted molar refractivity (Wildman–Crippen MR) is 136 cm³/mol. The quantitative estimate of drug-likeness (QED) is 0.321. The molecule has 1 aromatic heterocycles. The smallest absolute Gasteiger partial charge is 0.416 e. The lowest BCUT2D eigenvalue weighted by Gasteiger charge is -2.31. The van der Waals surface area contributed by atoms with Gasteiger partial charge in [0.05, 0.1) is 17.2 Å². The average Bonchev–Trinajstić information content (AvgIpc) is 2.84. The summed E-state index contributed by atoms with van der Waals surface area (Å²) in [5.41, 5.74) is -0.759. The molecule has 1 heterocycles. The van der Waals surface area contributed by atoms with Crippen molar-refractivity contribution in [1.29, 1.82) is 0 Å². The Morgan fingerprint density at radius 2 is 1.66 bits per heavy atom. The Morgan fingerprint density at radius 3 is 2.21 bits per heavy atom. The van der Waals surface area contributed by atoms with Crippen LogP contribution in [0.25, 0.3) is 10.9 Å². The van der Waals surface area contributed by atoms with Crippen LogP contribution in [0, 0.1) is 5.41 Å². The van der Waals surface area contributed by atoms with Gasteiger partial charge in [-0.15, -0.1) is 0 Å². The molecule has 3 aromatic rings. The number of carboxylic acid groups (broad SMARTS) is 1. The molecule has 38 heavy (non-hydrogen) atoms. The molecule has 0 bridgehead atoms. The standard InChI is InChI=1S/C28H31F3N2O5/c1-6-27(4,5)24(26(35)36)33-25(34)20-13-9-18-10-14-21(38-16(2)3)32-22(18)23(20)37-15-17-7-11-19(12-8-17)28(29,30)31/h7-14,16,24H,6,15H2,1-5H3,(H,33,34)(H,35,36). The van der Waals surface area contributed by atoms with Gasteiger partial charge < -0.3 is 19.9 Å². The van der Waals surface area contributed by atoms with Crippen molar-refractivity contribution in [2.75, 3.05) is 0 Å². The Balaban J connectivity index is 2.04. The summed E-state index contributed by atoms with van der Waals surface area (Å²) < 4.78 is 50.5. The summed E-state index contributed by atoms with van der Waals surface area (Å²) in [4.78, 5) is 29.9. The van der Waals surface area contributed by atoms with Gasteiger partial charge in [-0.3, -0.25) is 4.79 Å². The van der Waals surface area contributed by atoms with Gasteiger partial charge in [-0.25, -0.2) is 9.78 Å². The van der Waals surface area contributed by atoms with Crippen LogP contribution >= 0.6 is 0 Å². The van der Waals surface area contributed by atoms with Gasteiger partial charge in [-0.2, -0.15) is 13.2 Å². The number of hydrogen-bond donors (Lipinski definition) is 2. The number of halogens is 3. The minimum atomic E-state index is -4.47. The highest BCUT2D eigenvalue weighted by Gasteiger charge is 2.36. The van der Waals surface area contributed by atoms with Gasteiger partial charge in [0.2, 0.25) is 5.88 Å². The molecule has 0 spiro atoms. The van der Waals surface area contributed by atoms with Crippen molar-refractivity contribution >= 4 is 22.8 Å². The van der Waals surface area contributed by atoms with Gasteiger partial charge in [-0.1, -0.05) is 39.0 Å². The van der Waals surface area contributed by atoms with E-state index in [0.29, 0.717) is 28.8 Å². The van der Waals surface area contributed by atoms with Crippen LogP contribution < -0.4 is 14.8 Å². The number of ether oxygens (including phenoxy) is 2. The maximum absolute atomic E-state index is 13.4. The van der Waals surface area contributed by atoms with E-state index in [9.17, 15) is 27.9 Å². The first-order valence-corrected chi connectivity index (χ1v) is 12.2. The highest BCUT2D eigenvalue weighted by Crippen LogP contribution is 2.33. The molecule has 1 atom stereocenters. The van der Waals surface area contributed by atoms with Crippen LogP contribution in [0.5, 0.6) is 11.6 Å². The fourth-order valence-electron chi connectivity index (χ4n) is 3.73. The first-order chi connectivity index (χ1) is 17.7. The van der Waals surface area contributed by atoms with E-state index in [2.05, 4.69) is 10.3 Å². The third kappa shape index (κ3) is 6.73. The van der Waals surface area contributed by atoms with E-state index in [4.69, 9.17) is 9.47 Å². The summed E-state index contributed by atoms with van der Waals surface area (Å²) in [5, 5.41) is 13.0. The summed E-state index contributed by atoms with van der Waals surface area (Å²) >= 11 is 0. The lowest BCUT2D eigenvalue weighted by molar-refractivity contribution is -0.142. The largest absolute Gasteiger partial charge is 0.486 e. The minimum Gasteiger partial charge on any atom is -0.486 e. The summed E-state index contributed by atoms with van der Waals surface area (Å²) in [6, 6.07) is 9.88. The number of benzene rings is 2. The third-order valence-electron chi connectivity index (χ3n) is 6.27. The Morgan fingerprint density at radius 1 is 1.03 bits per heavy atom. The molecule has 204 valence electrons. The number of fused-ring (bicyclic) bond motifs is 1. The number of aromatic nitrogens is 1. The normalized spacial score (nSPS) is 12.9. The molecule has 10 heteroatoms. The van der Waals surface area contributed by atoms with E-state index >= 15 is 0 Å². The number of aliphatic carboxylic acids is 1. The second-order valence-electron chi connectivity index (χ2n) is 9.90. The average molecular weight is 533 g/mol. The van der Waals surface area contributed by atoms with Crippen LogP contribution in [-0.2, 0) is 17.6 Å². The van der Waals surface area contributed by atoms with Crippen LogP contribution in [0.4, 0.5) is 13.2 Å². The molecule has 0 saturated heterocycles. The van der Waals surface area contributed by atoms with Crippen molar-refractivity contribution in [2.24, 2.45) is 5.41 Å². The van der Waals surface area contributed by atoms with Crippen LogP contribution in [0.1, 0.15) is 62.5 Å². The zero-order valence-electron chi connectivity index (χ0n) is 21.8. The molecule has 2 aromatic carbocycles. The molecule has 0 aliphatic rings. The molecule has 1 amide bonds. The fraction of sp³-hybridized carbons (Fsp3) is 0.393. The summed E-state index contributed by atoms with van der Waals surface area (Å²) in [7, 11) is 0. The number of alkyl halides is 3. The number of rotatable bonds is 10. The predicted octanol–water partition coefficient (Wildman–Crippen LogP) is 6.24. The first kappa shape index (κ1) is 28.7. The Labute approximate surface area is 219 Å². The van der Waals surface area contributed by atoms with Gasteiger partial charge >= 0.3 is 12.1 Å². The number of nitrogens with zero attached hydrogens (tertiary/aromatic N) is 1. The van der Waals surface area contributed by atoms with Gasteiger partial charge in [0.15, 0.2) is 5.75 Å². The van der Waals surface area contributed by atoms with Crippen LogP contribution in [0.15, 0.2) is 48.5 Å². The molecule has 0 aliphatic heterocycles. The number of carboxylic acids is 1. The van der Waals surface area contributed by atoms with E-state index in [1.165, 1.54) is 18.2 Å². The maximum atomic E-state index is 13.4. The number of carbonyl (C=O) groups excluding carboxylic acids is 1. The maximum Gasteiger partial charge on any atom is 0.416 e. The Kier molecular flexibility index (Phi) is 8.54. The molecule has 7 nitrogen and oxygen atoms in total. The summed E-state index contributed by atoms with van der Waals surface area (Å²) in [6.07, 6.45) is -4.14. The topological polar surface area (TPSA) is 97.8 Å². The Bertz CT molecular complexity index is 1300. The van der Waals surface area contributed by atoms with E-state index in [1.807, 2.05) is 20.8 Å². The lowest BCUT2D eigenvalue weighted by Crippen LogP contribution is -2.50. The van der Waals surface area contributed by atoms with Crippen molar-refractivity contribution in [1.82, 2.24) is 10.3 Å². The van der Waals surface area contributed by atoms with Gasteiger partial charge in [0, 0.05) is 11.5 Å². The van der Waals surface area contributed by atoms with E-state index in [1.54, 1.807) is 32.0 Å². The van der Waals surface area contributed by atoms with Crippen molar-refractivity contribution in [2.45, 2.75) is 66.0 Å². The number of amides is 1. The monoisotopic (exact) mass is 532 g/mol. The SMILES string of the molecule is CCC(C)(C)C(NC(=O)c1ccc2ccc(OC(C)C)nc2c1OCc1ccc(C(F)(F)F)cc1)C(=O)O. The zero-order chi connectivity index (χ0) is 28.3. The molecular formula is C28H31F3N2O5. The molecular weight excluding hydrogens is 501 g/mol. The molecule has 0 radical (unpaired) electrons. The van der Waals surface area contributed by atoms with E-state index in [-0.39, 0.29) is 24.0 Å². The summed E-state index contributed by atoms with van der Waals surface area (Å²) in [6.45, 7) is 8.82. The first-order valence-electron chi connectivity index (χ1n) is 12.2. The molecule has 2 N–H and O–H groups in total. The molecule has 0 saturated carbocycles. The molecule has 0 aliphatic carbocycles. The number of carbonyl (C=O) groups is 2. The van der Waals surface area contributed by atoms with Gasteiger partial charge in [-0.05, 0) is 55.5 Å². The van der Waals surface area contributed by atoms with Gasteiger partial charge in [0.1, 0.15) is 18.2 Å². The summed E-state index contributed by atoms with van der Waals surface area (Å²) in [5.74, 6) is -1.50. The molecule has 3 rings (SSSR count). The van der Waals surface area contributed by atoms with E-state index < -0.39 is 35.1 Å². The van der Waals surface area contributed by atoms with Crippen LogP contribution in [-0.4, -0.2) is 34.1 Å². The highest BCUT2D eigenvalue weighted by molar-refractivity contribution is 6.04. The Hall–Kier alpha value is -3.82. The number of nitrogens with one attached hydrogen (secondary N) is 1. The number of hydrogen-bond acceptors (Lipinski definition) is 5. The van der Waals surface area contributed by atoms with E-state index in [0.717, 1.165) is 12.1 Å². The second kappa shape index (κ2) is 11.3. The highest BCUT2D eigenvalue weighted by atomic mass is 19.4. The van der Waals surface area contributed by atoms with Crippen molar-refractivity contribution < 1.29 is 37.3 Å². The van der Waals surface area contributed by atoms with Crippen molar-refractivity contribution in [3.8, 4) is 11.6 Å². The van der Waals surface area contributed by atoms with Crippen LogP contribution in [0.3, 0.4) is 0 Å². The minimum absolute atomic E-state index is 0.0387. The zero-order valence-corrected chi connectivity index (χ0v) is 21.8. The second-order valence-corrected chi connectivity index (χ2v) is 9.90. The molecule has 1 unspecified atom stereocenters. The van der Waals surface area contributed by atoms with Crippen molar-refractivity contribution in [3.05, 3.63) is 65.2 Å². The molecule has 0 fully saturated rings. The van der Waals surface area contributed by atoms with Crippen LogP contribution in [0.2, 0.25) is 0 Å².